The smallest absolute Gasteiger partial charge is 0.310 e. The summed E-state index contributed by atoms with van der Waals surface area (Å²) >= 11 is 0. The summed E-state index contributed by atoms with van der Waals surface area (Å²) in [5.41, 5.74) is 5.93. The van der Waals surface area contributed by atoms with Crippen molar-refractivity contribution in [1.82, 2.24) is 9.88 Å². The predicted molar refractivity (Wildman–Crippen MR) is 161 cm³/mol. The minimum absolute atomic E-state index is 0.0814. The number of nitrogens with one attached hydrogen (secondary N) is 1. The number of carboxylic acids is 1. The molecule has 1 aliphatic rings. The number of benzene rings is 2. The van der Waals surface area contributed by atoms with Gasteiger partial charge in [0.2, 0.25) is 5.95 Å². The maximum Gasteiger partial charge on any atom is 0.310 e. The molecule has 3 aromatic rings. The number of hydrogen-bond acceptors (Lipinski definition) is 7. The first-order chi connectivity index (χ1) is 19.4. The van der Waals surface area contributed by atoms with Gasteiger partial charge < -0.3 is 20.2 Å². The van der Waals surface area contributed by atoms with Crippen LogP contribution in [-0.2, 0) is 17.9 Å². The highest BCUT2D eigenvalue weighted by atomic mass is 19.1. The normalized spacial score (nSPS) is 16.4. The van der Waals surface area contributed by atoms with Gasteiger partial charge in [0, 0.05) is 45.8 Å². The maximum absolute atomic E-state index is 14.7. The summed E-state index contributed by atoms with van der Waals surface area (Å²) in [5, 5.41) is 15.2. The van der Waals surface area contributed by atoms with E-state index in [4.69, 9.17) is 10.6 Å². The molecule has 0 radical (unpaired) electrons. The molecular weight excluding hydrogens is 521 g/mol. The molecule has 4 rings (SSSR count). The van der Waals surface area contributed by atoms with Crippen molar-refractivity contribution in [1.29, 1.82) is 0 Å². The molecule has 2 atom stereocenters. The van der Waals surface area contributed by atoms with Gasteiger partial charge in [-0.3, -0.25) is 9.69 Å². The Balaban J connectivity index is 1.79. The molecule has 0 amide bonds. The second-order valence-electron chi connectivity index (χ2n) is 11.6. The van der Waals surface area contributed by atoms with E-state index in [-0.39, 0.29) is 6.10 Å². The largest absolute Gasteiger partial charge is 0.489 e. The summed E-state index contributed by atoms with van der Waals surface area (Å²) < 4.78 is 20.9. The highest BCUT2D eigenvalue weighted by molar-refractivity contribution is 5.79. The fourth-order valence-electron chi connectivity index (χ4n) is 5.86. The van der Waals surface area contributed by atoms with Gasteiger partial charge in [-0.25, -0.2) is 10.8 Å². The number of ether oxygens (including phenoxy) is 1. The number of rotatable bonds is 9. The lowest BCUT2D eigenvalue weighted by Crippen LogP contribution is -2.34. The number of aliphatic carboxylic acids is 1. The van der Waals surface area contributed by atoms with Crippen molar-refractivity contribution in [3.63, 3.8) is 0 Å². The molecule has 9 heteroatoms. The number of pyridine rings is 1. The van der Waals surface area contributed by atoms with Crippen LogP contribution in [0.3, 0.4) is 0 Å². The summed E-state index contributed by atoms with van der Waals surface area (Å²) in [6.07, 6.45) is 2.14. The van der Waals surface area contributed by atoms with Crippen LogP contribution in [-0.4, -0.2) is 47.7 Å². The van der Waals surface area contributed by atoms with Gasteiger partial charge in [-0.2, -0.15) is 4.39 Å². The minimum atomic E-state index is -1.12. The molecule has 1 aliphatic heterocycles. The highest BCUT2D eigenvalue weighted by Crippen LogP contribution is 2.45. The quantitative estimate of drug-likeness (QED) is 0.176. The molecule has 41 heavy (non-hydrogen) atoms. The Bertz CT molecular complexity index is 1420. The van der Waals surface area contributed by atoms with Gasteiger partial charge in [0.05, 0.1) is 22.4 Å². The van der Waals surface area contributed by atoms with Crippen LogP contribution < -0.4 is 20.9 Å². The van der Waals surface area contributed by atoms with Crippen molar-refractivity contribution in [2.45, 2.75) is 66.2 Å². The van der Waals surface area contributed by atoms with Crippen LogP contribution in [0.25, 0.3) is 0 Å². The Labute approximate surface area is 242 Å². The Kier molecular flexibility index (Phi) is 8.89. The first kappa shape index (κ1) is 30.3. The van der Waals surface area contributed by atoms with Gasteiger partial charge in [0.25, 0.3) is 0 Å². The zero-order valence-electron chi connectivity index (χ0n) is 25.1. The van der Waals surface area contributed by atoms with Crippen LogP contribution in [0.15, 0.2) is 42.6 Å². The molecule has 0 spiro atoms. The number of halogens is 1. The highest BCUT2D eigenvalue weighted by Gasteiger charge is 2.40. The molecular formula is C32H42FN5O3. The molecule has 1 aromatic heterocycles. The summed E-state index contributed by atoms with van der Waals surface area (Å²) in [4.78, 5) is 18.7. The number of nitrogens with zero attached hydrogens (tertiary/aromatic N) is 3. The van der Waals surface area contributed by atoms with Crippen LogP contribution in [0.5, 0.6) is 5.75 Å². The van der Waals surface area contributed by atoms with E-state index in [0.717, 1.165) is 45.6 Å². The van der Waals surface area contributed by atoms with Crippen LogP contribution in [0.2, 0.25) is 0 Å². The van der Waals surface area contributed by atoms with Gasteiger partial charge in [0.1, 0.15) is 11.9 Å². The number of aryl methyl sites for hydroxylation is 1. The number of nitrogens with two attached hydrogens (primary N) is 1. The van der Waals surface area contributed by atoms with E-state index in [0.29, 0.717) is 30.9 Å². The van der Waals surface area contributed by atoms with Crippen molar-refractivity contribution in [3.8, 4) is 5.75 Å². The zero-order valence-corrected chi connectivity index (χ0v) is 25.1. The topological polar surface area (TPSA) is 104 Å². The van der Waals surface area contributed by atoms with Gasteiger partial charge in [-0.1, -0.05) is 31.2 Å². The minimum Gasteiger partial charge on any atom is -0.489 e. The van der Waals surface area contributed by atoms with E-state index in [9.17, 15) is 14.3 Å². The molecule has 0 aliphatic carbocycles. The number of anilines is 2. The summed E-state index contributed by atoms with van der Waals surface area (Å²) in [5.74, 6) is 4.79. The van der Waals surface area contributed by atoms with Crippen LogP contribution in [0.4, 0.5) is 15.8 Å². The predicted octanol–water partition coefficient (Wildman–Crippen LogP) is 5.61. The lowest BCUT2D eigenvalue weighted by Gasteiger charge is -2.34. The maximum atomic E-state index is 14.7. The Morgan fingerprint density at radius 2 is 2.02 bits per heavy atom. The van der Waals surface area contributed by atoms with E-state index in [2.05, 4.69) is 35.1 Å². The molecule has 8 nitrogen and oxygen atoms in total. The van der Waals surface area contributed by atoms with Crippen LogP contribution in [0, 0.1) is 25.2 Å². The summed E-state index contributed by atoms with van der Waals surface area (Å²) in [6.45, 7) is 11.2. The molecule has 2 aromatic carbocycles. The number of fused-ring (bicyclic) bond motifs is 1. The van der Waals surface area contributed by atoms with Crippen molar-refractivity contribution in [2.24, 2.45) is 11.3 Å². The van der Waals surface area contributed by atoms with Gasteiger partial charge in [-0.15, -0.1) is 0 Å². The molecule has 2 heterocycles. The summed E-state index contributed by atoms with van der Waals surface area (Å²) in [7, 11) is 3.61. The summed E-state index contributed by atoms with van der Waals surface area (Å²) in [6, 6.07) is 11.8. The lowest BCUT2D eigenvalue weighted by molar-refractivity contribution is -0.147. The zero-order chi connectivity index (χ0) is 30.1. The number of hydrazine groups is 1. The van der Waals surface area contributed by atoms with E-state index in [1.807, 2.05) is 38.2 Å². The lowest BCUT2D eigenvalue weighted by atomic mass is 9.69. The van der Waals surface area contributed by atoms with Gasteiger partial charge >= 0.3 is 5.97 Å². The molecule has 0 unspecified atom stereocenters. The van der Waals surface area contributed by atoms with Crippen LogP contribution in [0.1, 0.15) is 66.5 Å². The van der Waals surface area contributed by atoms with Crippen molar-refractivity contribution >= 4 is 17.3 Å². The van der Waals surface area contributed by atoms with E-state index in [1.165, 1.54) is 6.20 Å². The second-order valence-corrected chi connectivity index (χ2v) is 11.6. The fourth-order valence-corrected chi connectivity index (χ4v) is 5.86. The number of carboxylic acid groups (broad SMARTS) is 1. The van der Waals surface area contributed by atoms with Crippen LogP contribution >= 0.6 is 0 Å². The third-order valence-electron chi connectivity index (χ3n) is 8.35. The molecule has 0 saturated carbocycles. The van der Waals surface area contributed by atoms with Gasteiger partial charge in [0.15, 0.2) is 0 Å². The molecule has 0 fully saturated rings. The third-order valence-corrected chi connectivity index (χ3v) is 8.35. The number of aromatic nitrogens is 1. The standard InChI is InChI=1S/C32H42FN5O3/c1-8-23-17-38(18-25-27(41-23)13-14-36-30(25)33)16-22-15-21(10-9-19(22)2)28(32(4,5)31(39)40)24-11-12-26(37(7)34)29(35-6)20(24)3/h9-15,23,28,35H,8,16-18,34H2,1-7H3,(H,39,40)/t23-,28+/m1/s1. The molecule has 0 bridgehead atoms. The number of carbonyl (C=O) groups is 1. The van der Waals surface area contributed by atoms with Gasteiger partial charge in [-0.05, 0) is 74.1 Å². The monoisotopic (exact) mass is 563 g/mol. The SMILES string of the molecule is CC[C@@H]1CN(Cc2cc([C@@H](c3ccc(N(C)N)c(NC)c3C)C(C)(C)C(=O)O)ccc2C)Cc2c(ccnc2F)O1. The van der Waals surface area contributed by atoms with E-state index >= 15 is 0 Å². The van der Waals surface area contributed by atoms with Crippen molar-refractivity contribution in [2.75, 3.05) is 31.0 Å². The number of hydrogen-bond donors (Lipinski definition) is 3. The van der Waals surface area contributed by atoms with Crippen molar-refractivity contribution < 1.29 is 19.0 Å². The second kappa shape index (κ2) is 12.0. The average molecular weight is 564 g/mol. The first-order valence-corrected chi connectivity index (χ1v) is 14.0. The third kappa shape index (κ3) is 6.01. The Morgan fingerprint density at radius 1 is 1.29 bits per heavy atom. The molecule has 4 N–H and O–H groups in total. The Hall–Kier alpha value is -3.69. The van der Waals surface area contributed by atoms with E-state index in [1.54, 1.807) is 32.0 Å². The Morgan fingerprint density at radius 3 is 2.66 bits per heavy atom. The molecule has 0 saturated heterocycles. The first-order valence-electron chi connectivity index (χ1n) is 14.0. The molecule has 220 valence electrons. The van der Waals surface area contributed by atoms with Crippen molar-refractivity contribution in [3.05, 3.63) is 81.9 Å². The van der Waals surface area contributed by atoms with E-state index < -0.39 is 23.2 Å². The average Bonchev–Trinajstić information content (AvgIpc) is 3.10. The fraction of sp³-hybridized carbons (Fsp3) is 0.438.